The summed E-state index contributed by atoms with van der Waals surface area (Å²) in [7, 11) is -2.14. The van der Waals surface area contributed by atoms with Gasteiger partial charge in [0.15, 0.2) is 9.84 Å². The number of benzene rings is 2. The summed E-state index contributed by atoms with van der Waals surface area (Å²) in [5.74, 6) is -0.0281. The van der Waals surface area contributed by atoms with E-state index in [1.165, 1.54) is 25.3 Å². The van der Waals surface area contributed by atoms with E-state index in [0.717, 1.165) is 24.1 Å². The maximum Gasteiger partial charge on any atom is 0.228 e. The van der Waals surface area contributed by atoms with Crippen LogP contribution in [0.2, 0.25) is 5.02 Å². The molecule has 1 heterocycles. The Kier molecular flexibility index (Phi) is 5.53. The van der Waals surface area contributed by atoms with Crippen LogP contribution in [0.1, 0.15) is 18.4 Å². The average molecular weight is 394 g/mol. The van der Waals surface area contributed by atoms with Crippen LogP contribution in [0.3, 0.4) is 0 Å². The molecule has 26 heavy (non-hydrogen) atoms. The molecule has 0 aliphatic carbocycles. The van der Waals surface area contributed by atoms with Gasteiger partial charge < -0.3 is 9.64 Å². The Bertz CT molecular complexity index is 927. The zero-order valence-corrected chi connectivity index (χ0v) is 16.0. The van der Waals surface area contributed by atoms with Crippen molar-refractivity contribution in [3.8, 4) is 5.75 Å². The summed E-state index contributed by atoms with van der Waals surface area (Å²) < 4.78 is 30.1. The van der Waals surface area contributed by atoms with Gasteiger partial charge in [0.05, 0.1) is 22.8 Å². The minimum Gasteiger partial charge on any atom is -0.495 e. The summed E-state index contributed by atoms with van der Waals surface area (Å²) in [6, 6.07) is 12.1. The van der Waals surface area contributed by atoms with Crippen molar-refractivity contribution in [2.24, 2.45) is 0 Å². The molecule has 1 aliphatic heterocycles. The molecule has 0 spiro atoms. The summed E-state index contributed by atoms with van der Waals surface area (Å²) in [6.45, 7) is 0.615. The Morgan fingerprint density at radius 2 is 2.00 bits per heavy atom. The van der Waals surface area contributed by atoms with Gasteiger partial charge in [0.2, 0.25) is 5.91 Å². The molecule has 1 amide bonds. The molecule has 0 saturated carbocycles. The molecule has 1 aliphatic rings. The Hall–Kier alpha value is -2.05. The van der Waals surface area contributed by atoms with Crippen molar-refractivity contribution in [3.63, 3.8) is 0 Å². The van der Waals surface area contributed by atoms with Gasteiger partial charge in [0.1, 0.15) is 5.75 Å². The van der Waals surface area contributed by atoms with E-state index in [4.69, 9.17) is 16.3 Å². The number of anilines is 1. The van der Waals surface area contributed by atoms with Crippen molar-refractivity contribution in [2.45, 2.75) is 24.2 Å². The zero-order valence-electron chi connectivity index (χ0n) is 14.4. The van der Waals surface area contributed by atoms with E-state index in [1.54, 1.807) is 4.90 Å². The van der Waals surface area contributed by atoms with E-state index in [-0.39, 0.29) is 28.0 Å². The summed E-state index contributed by atoms with van der Waals surface area (Å²) >= 11 is 6.01. The van der Waals surface area contributed by atoms with Crippen molar-refractivity contribution in [1.82, 2.24) is 0 Å². The Labute approximate surface area is 158 Å². The molecule has 0 fully saturated rings. The number of hydrogen-bond donors (Lipinski definition) is 0. The van der Waals surface area contributed by atoms with Gasteiger partial charge >= 0.3 is 0 Å². The highest BCUT2D eigenvalue weighted by Gasteiger charge is 2.24. The van der Waals surface area contributed by atoms with Gasteiger partial charge in [-0.25, -0.2) is 8.42 Å². The predicted octanol–water partition coefficient (Wildman–Crippen LogP) is 3.49. The first-order chi connectivity index (χ1) is 12.4. The molecular weight excluding hydrogens is 374 g/mol. The predicted molar refractivity (Wildman–Crippen MR) is 102 cm³/mol. The van der Waals surface area contributed by atoms with E-state index in [0.29, 0.717) is 12.3 Å². The van der Waals surface area contributed by atoms with Crippen molar-refractivity contribution in [1.29, 1.82) is 0 Å². The second-order valence-electron chi connectivity index (χ2n) is 6.14. The average Bonchev–Trinajstić information content (AvgIpc) is 2.65. The molecule has 5 nitrogen and oxygen atoms in total. The zero-order chi connectivity index (χ0) is 18.7. The van der Waals surface area contributed by atoms with Crippen LogP contribution in [-0.4, -0.2) is 33.7 Å². The lowest BCUT2D eigenvalue weighted by molar-refractivity contribution is -0.118. The second-order valence-corrected chi connectivity index (χ2v) is 8.66. The summed E-state index contributed by atoms with van der Waals surface area (Å²) in [5, 5.41) is 0.227. The van der Waals surface area contributed by atoms with E-state index in [9.17, 15) is 13.2 Å². The highest BCUT2D eigenvalue weighted by atomic mass is 35.5. The third-order valence-electron chi connectivity index (χ3n) is 4.48. The van der Waals surface area contributed by atoms with Crippen LogP contribution in [0.25, 0.3) is 0 Å². The lowest BCUT2D eigenvalue weighted by Gasteiger charge is -2.29. The lowest BCUT2D eigenvalue weighted by Crippen LogP contribution is -2.36. The molecule has 2 aromatic rings. The van der Waals surface area contributed by atoms with E-state index in [2.05, 4.69) is 0 Å². The maximum absolute atomic E-state index is 12.6. The molecule has 0 aromatic heterocycles. The number of fused-ring (bicyclic) bond motifs is 1. The molecule has 0 bridgehead atoms. The maximum atomic E-state index is 12.6. The Balaban J connectivity index is 1.72. The highest BCUT2D eigenvalue weighted by molar-refractivity contribution is 7.91. The number of sulfone groups is 1. The first-order valence-corrected chi connectivity index (χ1v) is 10.4. The third kappa shape index (κ3) is 3.86. The number of carbonyl (C=O) groups is 1. The van der Waals surface area contributed by atoms with E-state index >= 15 is 0 Å². The number of hydrogen-bond acceptors (Lipinski definition) is 4. The third-order valence-corrected chi connectivity index (χ3v) is 6.49. The number of amides is 1. The van der Waals surface area contributed by atoms with Crippen LogP contribution >= 0.6 is 11.6 Å². The van der Waals surface area contributed by atoms with Gasteiger partial charge in [-0.3, -0.25) is 4.79 Å². The monoisotopic (exact) mass is 393 g/mol. The minimum atomic E-state index is -3.61. The Morgan fingerprint density at radius 1 is 1.23 bits per heavy atom. The van der Waals surface area contributed by atoms with E-state index in [1.807, 2.05) is 24.3 Å². The van der Waals surface area contributed by atoms with Crippen molar-refractivity contribution in [2.75, 3.05) is 24.3 Å². The molecule has 3 rings (SSSR count). The van der Waals surface area contributed by atoms with Gasteiger partial charge in [0, 0.05) is 18.7 Å². The molecule has 0 N–H and O–H groups in total. The number of methoxy groups -OCH3 is 1. The van der Waals surface area contributed by atoms with Crippen LogP contribution in [0.4, 0.5) is 5.69 Å². The number of ether oxygens (including phenoxy) is 1. The fourth-order valence-corrected chi connectivity index (χ4v) is 4.68. The standard InChI is InChI=1S/C19H20ClNO4S/c1-25-18-9-8-15(13-16(18)20)26(23,24)12-10-19(22)21-11-4-6-14-5-2-3-7-17(14)21/h2-3,5,7-9,13H,4,6,10-12H2,1H3. The largest absolute Gasteiger partial charge is 0.495 e. The molecule has 2 aromatic carbocycles. The van der Waals surface area contributed by atoms with Crippen LogP contribution in [0.5, 0.6) is 5.75 Å². The van der Waals surface area contributed by atoms with Gasteiger partial charge in [-0.15, -0.1) is 0 Å². The molecular formula is C19H20ClNO4S. The van der Waals surface area contributed by atoms with Gasteiger partial charge in [-0.05, 0) is 42.7 Å². The van der Waals surface area contributed by atoms with Gasteiger partial charge in [-0.2, -0.15) is 0 Å². The summed E-state index contributed by atoms with van der Waals surface area (Å²) in [6.07, 6.45) is 1.74. The van der Waals surface area contributed by atoms with Gasteiger partial charge in [0.25, 0.3) is 0 Å². The van der Waals surface area contributed by atoms with Gasteiger partial charge in [-0.1, -0.05) is 29.8 Å². The first kappa shape index (κ1) is 18.7. The van der Waals surface area contributed by atoms with Crippen LogP contribution in [-0.2, 0) is 21.1 Å². The van der Waals surface area contributed by atoms with Crippen molar-refractivity contribution < 1.29 is 17.9 Å². The topological polar surface area (TPSA) is 63.7 Å². The molecule has 7 heteroatoms. The minimum absolute atomic E-state index is 0.0691. The summed E-state index contributed by atoms with van der Waals surface area (Å²) in [5.41, 5.74) is 2.01. The quantitative estimate of drug-likeness (QED) is 0.780. The van der Waals surface area contributed by atoms with E-state index < -0.39 is 9.84 Å². The lowest BCUT2D eigenvalue weighted by atomic mass is 10.0. The number of aryl methyl sites for hydroxylation is 1. The molecule has 0 radical (unpaired) electrons. The molecule has 0 saturated heterocycles. The smallest absolute Gasteiger partial charge is 0.228 e. The first-order valence-electron chi connectivity index (χ1n) is 8.37. The fraction of sp³-hybridized carbons (Fsp3) is 0.316. The van der Waals surface area contributed by atoms with Crippen LogP contribution < -0.4 is 9.64 Å². The van der Waals surface area contributed by atoms with Crippen molar-refractivity contribution >= 4 is 33.0 Å². The van der Waals surface area contributed by atoms with Crippen molar-refractivity contribution in [3.05, 3.63) is 53.1 Å². The number of carbonyl (C=O) groups excluding carboxylic acids is 1. The summed E-state index contributed by atoms with van der Waals surface area (Å²) in [4.78, 5) is 14.4. The number of rotatable bonds is 5. The second kappa shape index (κ2) is 7.68. The highest BCUT2D eigenvalue weighted by Crippen LogP contribution is 2.29. The van der Waals surface area contributed by atoms with Crippen LogP contribution in [0.15, 0.2) is 47.4 Å². The van der Waals surface area contributed by atoms with Crippen LogP contribution in [0, 0.1) is 0 Å². The number of nitrogens with zero attached hydrogens (tertiary/aromatic N) is 1. The molecule has 0 atom stereocenters. The molecule has 0 unspecified atom stereocenters. The molecule has 138 valence electrons. The number of para-hydroxylation sites is 1. The number of halogens is 1. The fourth-order valence-electron chi connectivity index (χ4n) is 3.11. The SMILES string of the molecule is COc1ccc(S(=O)(=O)CCC(=O)N2CCCc3ccccc32)cc1Cl. The normalized spacial score (nSPS) is 14.0. The Morgan fingerprint density at radius 3 is 2.73 bits per heavy atom.